The third kappa shape index (κ3) is 5.52. The van der Waals surface area contributed by atoms with Gasteiger partial charge in [0.1, 0.15) is 11.9 Å². The van der Waals surface area contributed by atoms with E-state index in [4.69, 9.17) is 23.2 Å². The first-order chi connectivity index (χ1) is 14.0. The Morgan fingerprint density at radius 2 is 1.66 bits per heavy atom. The van der Waals surface area contributed by atoms with E-state index in [1.165, 1.54) is 11.3 Å². The fraction of sp³-hybridized carbons (Fsp3) is 0.391. The first-order valence-electron chi connectivity index (χ1n) is 10.00. The maximum absolute atomic E-state index is 13.4. The SMILES string of the molecule is Cc1ccc(N(C(=O)CCl)[C@@H](C(=O)NC2CCCCC2)c2ccc(Cl)cc2)cc1. The van der Waals surface area contributed by atoms with E-state index in [2.05, 4.69) is 5.32 Å². The number of hydrogen-bond acceptors (Lipinski definition) is 2. The van der Waals surface area contributed by atoms with Gasteiger partial charge in [-0.05, 0) is 49.6 Å². The standard InChI is InChI=1S/C23H26Cl2N2O2/c1-16-7-13-20(14-8-16)27(21(28)15-24)22(17-9-11-18(25)12-10-17)23(29)26-19-5-3-2-4-6-19/h7-14,19,22H,2-6,15H2,1H3,(H,26,29)/t22-/m1/s1. The highest BCUT2D eigenvalue weighted by molar-refractivity contribution is 6.30. The lowest BCUT2D eigenvalue weighted by Crippen LogP contribution is -2.47. The summed E-state index contributed by atoms with van der Waals surface area (Å²) >= 11 is 12.0. The first kappa shape index (κ1) is 21.7. The number of benzene rings is 2. The van der Waals surface area contributed by atoms with Crippen molar-refractivity contribution in [3.63, 3.8) is 0 Å². The van der Waals surface area contributed by atoms with Gasteiger partial charge in [-0.1, -0.05) is 60.7 Å². The van der Waals surface area contributed by atoms with E-state index < -0.39 is 6.04 Å². The molecule has 1 aliphatic carbocycles. The molecule has 1 N–H and O–H groups in total. The van der Waals surface area contributed by atoms with Gasteiger partial charge < -0.3 is 5.32 Å². The van der Waals surface area contributed by atoms with Gasteiger partial charge in [-0.25, -0.2) is 0 Å². The highest BCUT2D eigenvalue weighted by atomic mass is 35.5. The molecule has 0 radical (unpaired) electrons. The topological polar surface area (TPSA) is 49.4 Å². The summed E-state index contributed by atoms with van der Waals surface area (Å²) in [7, 11) is 0. The second kappa shape index (κ2) is 10.1. The van der Waals surface area contributed by atoms with Crippen LogP contribution < -0.4 is 10.2 Å². The summed E-state index contributed by atoms with van der Waals surface area (Å²) in [5.74, 6) is -0.734. The molecule has 1 atom stereocenters. The molecule has 0 unspecified atom stereocenters. The monoisotopic (exact) mass is 432 g/mol. The molecule has 1 saturated carbocycles. The second-order valence-electron chi connectivity index (χ2n) is 7.53. The van der Waals surface area contributed by atoms with E-state index in [-0.39, 0.29) is 23.7 Å². The van der Waals surface area contributed by atoms with Gasteiger partial charge in [-0.15, -0.1) is 11.6 Å². The maximum atomic E-state index is 13.4. The third-order valence-corrected chi connectivity index (χ3v) is 5.82. The zero-order chi connectivity index (χ0) is 20.8. The molecule has 2 aromatic carbocycles. The highest BCUT2D eigenvalue weighted by Gasteiger charge is 2.33. The predicted molar refractivity (Wildman–Crippen MR) is 119 cm³/mol. The minimum atomic E-state index is -0.817. The number of carbonyl (C=O) groups excluding carboxylic acids is 2. The van der Waals surface area contributed by atoms with Gasteiger partial charge in [0.15, 0.2) is 0 Å². The summed E-state index contributed by atoms with van der Waals surface area (Å²) in [5.41, 5.74) is 2.41. The van der Waals surface area contributed by atoms with Crippen molar-refractivity contribution in [3.05, 3.63) is 64.7 Å². The summed E-state index contributed by atoms with van der Waals surface area (Å²) in [5, 5.41) is 3.74. The Balaban J connectivity index is 2.00. The number of hydrogen-bond donors (Lipinski definition) is 1. The normalized spacial score (nSPS) is 15.6. The second-order valence-corrected chi connectivity index (χ2v) is 8.23. The van der Waals surface area contributed by atoms with Crippen LogP contribution in [0.5, 0.6) is 0 Å². The summed E-state index contributed by atoms with van der Waals surface area (Å²) in [6, 6.07) is 13.9. The third-order valence-electron chi connectivity index (χ3n) is 5.34. The van der Waals surface area contributed by atoms with Crippen LogP contribution in [0.2, 0.25) is 5.02 Å². The van der Waals surface area contributed by atoms with Crippen LogP contribution in [-0.2, 0) is 9.59 Å². The largest absolute Gasteiger partial charge is 0.351 e. The summed E-state index contributed by atoms with van der Waals surface area (Å²) < 4.78 is 0. The molecule has 0 bridgehead atoms. The Bertz CT molecular complexity index is 831. The molecule has 1 aliphatic rings. The summed E-state index contributed by atoms with van der Waals surface area (Å²) in [6.45, 7) is 1.98. The van der Waals surface area contributed by atoms with Crippen LogP contribution in [-0.4, -0.2) is 23.7 Å². The lowest BCUT2D eigenvalue weighted by molar-refractivity contribution is -0.126. The summed E-state index contributed by atoms with van der Waals surface area (Å²) in [4.78, 5) is 27.8. The van der Waals surface area contributed by atoms with Gasteiger partial charge in [0.2, 0.25) is 11.8 Å². The maximum Gasteiger partial charge on any atom is 0.248 e. The van der Waals surface area contributed by atoms with Crippen molar-refractivity contribution in [1.82, 2.24) is 5.32 Å². The van der Waals surface area contributed by atoms with E-state index in [9.17, 15) is 9.59 Å². The molecule has 154 valence electrons. The number of nitrogens with zero attached hydrogens (tertiary/aromatic N) is 1. The fourth-order valence-electron chi connectivity index (χ4n) is 3.80. The minimum Gasteiger partial charge on any atom is -0.351 e. The molecule has 2 aromatic rings. The zero-order valence-corrected chi connectivity index (χ0v) is 18.0. The molecule has 1 fully saturated rings. The van der Waals surface area contributed by atoms with Gasteiger partial charge in [0, 0.05) is 16.8 Å². The molecule has 0 spiro atoms. The number of nitrogens with one attached hydrogen (secondary N) is 1. The lowest BCUT2D eigenvalue weighted by atomic mass is 9.94. The predicted octanol–water partition coefficient (Wildman–Crippen LogP) is 5.41. The smallest absolute Gasteiger partial charge is 0.248 e. The van der Waals surface area contributed by atoms with Crippen molar-refractivity contribution in [2.45, 2.75) is 51.1 Å². The van der Waals surface area contributed by atoms with Crippen molar-refractivity contribution in [3.8, 4) is 0 Å². The van der Waals surface area contributed by atoms with Gasteiger partial charge in [-0.2, -0.15) is 0 Å². The Labute approximate surface area is 182 Å². The molecule has 0 aromatic heterocycles. The molecular weight excluding hydrogens is 407 g/mol. The van der Waals surface area contributed by atoms with Gasteiger partial charge >= 0.3 is 0 Å². The minimum absolute atomic E-state index is 0.136. The van der Waals surface area contributed by atoms with Crippen LogP contribution in [0.4, 0.5) is 5.69 Å². The molecule has 0 aliphatic heterocycles. The Hall–Kier alpha value is -2.04. The van der Waals surface area contributed by atoms with Gasteiger partial charge in [0.05, 0.1) is 0 Å². The molecule has 0 saturated heterocycles. The number of halogens is 2. The van der Waals surface area contributed by atoms with Crippen LogP contribution in [0, 0.1) is 6.92 Å². The number of anilines is 1. The number of rotatable bonds is 6. The van der Waals surface area contributed by atoms with Crippen LogP contribution >= 0.6 is 23.2 Å². The molecule has 0 heterocycles. The number of amides is 2. The Kier molecular flexibility index (Phi) is 7.57. The van der Waals surface area contributed by atoms with Crippen LogP contribution in [0.15, 0.2) is 48.5 Å². The van der Waals surface area contributed by atoms with Crippen molar-refractivity contribution >= 4 is 40.7 Å². The van der Waals surface area contributed by atoms with E-state index in [1.807, 2.05) is 31.2 Å². The highest BCUT2D eigenvalue weighted by Crippen LogP contribution is 2.30. The van der Waals surface area contributed by atoms with Gasteiger partial charge in [0.25, 0.3) is 0 Å². The Morgan fingerprint density at radius 1 is 1.03 bits per heavy atom. The quantitative estimate of drug-likeness (QED) is 0.620. The molecule has 29 heavy (non-hydrogen) atoms. The van der Waals surface area contributed by atoms with E-state index in [0.717, 1.165) is 31.2 Å². The number of carbonyl (C=O) groups is 2. The van der Waals surface area contributed by atoms with Crippen LogP contribution in [0.3, 0.4) is 0 Å². The van der Waals surface area contributed by atoms with Gasteiger partial charge in [-0.3, -0.25) is 14.5 Å². The van der Waals surface area contributed by atoms with Crippen molar-refractivity contribution < 1.29 is 9.59 Å². The van der Waals surface area contributed by atoms with Crippen molar-refractivity contribution in [1.29, 1.82) is 0 Å². The van der Waals surface area contributed by atoms with E-state index in [1.54, 1.807) is 24.3 Å². The van der Waals surface area contributed by atoms with Crippen LogP contribution in [0.1, 0.15) is 49.3 Å². The van der Waals surface area contributed by atoms with Crippen LogP contribution in [0.25, 0.3) is 0 Å². The van der Waals surface area contributed by atoms with E-state index >= 15 is 0 Å². The number of alkyl halides is 1. The molecule has 3 rings (SSSR count). The van der Waals surface area contributed by atoms with Crippen molar-refractivity contribution in [2.24, 2.45) is 0 Å². The Morgan fingerprint density at radius 3 is 2.24 bits per heavy atom. The van der Waals surface area contributed by atoms with E-state index in [0.29, 0.717) is 16.3 Å². The molecule has 6 heteroatoms. The lowest BCUT2D eigenvalue weighted by Gasteiger charge is -2.33. The zero-order valence-electron chi connectivity index (χ0n) is 16.5. The number of aryl methyl sites for hydroxylation is 1. The van der Waals surface area contributed by atoms with Crippen molar-refractivity contribution in [2.75, 3.05) is 10.8 Å². The molecular formula is C23H26Cl2N2O2. The molecule has 4 nitrogen and oxygen atoms in total. The average molecular weight is 433 g/mol. The fourth-order valence-corrected chi connectivity index (χ4v) is 4.05. The average Bonchev–Trinajstić information content (AvgIpc) is 2.74. The molecule has 2 amide bonds. The summed E-state index contributed by atoms with van der Waals surface area (Å²) in [6.07, 6.45) is 5.35. The first-order valence-corrected chi connectivity index (χ1v) is 10.9.